The van der Waals surface area contributed by atoms with Crippen LogP contribution in [0.5, 0.6) is 0 Å². The van der Waals surface area contributed by atoms with Crippen LogP contribution in [0.2, 0.25) is 0 Å². The number of carbonyl (C=O) groups is 1. The smallest absolute Gasteiger partial charge is 0.130 e. The van der Waals surface area contributed by atoms with Crippen LogP contribution >= 0.6 is 0 Å². The largest absolute Gasteiger partial charge is 0.363 e. The van der Waals surface area contributed by atoms with E-state index in [0.717, 1.165) is 17.7 Å². The van der Waals surface area contributed by atoms with Gasteiger partial charge >= 0.3 is 0 Å². The van der Waals surface area contributed by atoms with Crippen molar-refractivity contribution in [1.82, 2.24) is 4.98 Å². The van der Waals surface area contributed by atoms with Gasteiger partial charge in [-0.2, -0.15) is 0 Å². The highest BCUT2D eigenvalue weighted by molar-refractivity contribution is 5.67. The molecular formula is C11H16N2O. The molecule has 0 bridgehead atoms. The van der Waals surface area contributed by atoms with Crippen LogP contribution in [0.25, 0.3) is 0 Å². The summed E-state index contributed by atoms with van der Waals surface area (Å²) in [6.07, 6.45) is 2.70. The molecule has 0 atom stereocenters. The van der Waals surface area contributed by atoms with Crippen molar-refractivity contribution in [2.24, 2.45) is 0 Å². The molecule has 14 heavy (non-hydrogen) atoms. The summed E-state index contributed by atoms with van der Waals surface area (Å²) in [6, 6.07) is 3.86. The molecule has 0 saturated carbocycles. The standard InChI is InChI=1S/C11H16N2O/c1-11(2,8-14)9-5-6-10(12-7-9)13(3)4/h5-8H,1-4H3. The third-order valence-corrected chi connectivity index (χ3v) is 2.24. The van der Waals surface area contributed by atoms with E-state index in [2.05, 4.69) is 4.98 Å². The Morgan fingerprint density at radius 3 is 2.36 bits per heavy atom. The van der Waals surface area contributed by atoms with Gasteiger partial charge in [-0.15, -0.1) is 0 Å². The minimum Gasteiger partial charge on any atom is -0.363 e. The fourth-order valence-electron chi connectivity index (χ4n) is 1.10. The molecule has 0 amide bonds. The zero-order chi connectivity index (χ0) is 10.8. The topological polar surface area (TPSA) is 33.2 Å². The Kier molecular flexibility index (Phi) is 2.89. The fraction of sp³-hybridized carbons (Fsp3) is 0.455. The lowest BCUT2D eigenvalue weighted by Crippen LogP contribution is -2.19. The van der Waals surface area contributed by atoms with E-state index in [0.29, 0.717) is 0 Å². The number of hydrogen-bond donors (Lipinski definition) is 0. The number of rotatable bonds is 3. The van der Waals surface area contributed by atoms with Gasteiger partial charge in [-0.3, -0.25) is 0 Å². The highest BCUT2D eigenvalue weighted by Gasteiger charge is 2.19. The van der Waals surface area contributed by atoms with Crippen LogP contribution in [0.3, 0.4) is 0 Å². The van der Waals surface area contributed by atoms with Gasteiger partial charge in [0.25, 0.3) is 0 Å². The van der Waals surface area contributed by atoms with Gasteiger partial charge in [0.05, 0.1) is 0 Å². The molecule has 0 radical (unpaired) electrons. The van der Waals surface area contributed by atoms with Crippen molar-refractivity contribution >= 4 is 12.1 Å². The van der Waals surface area contributed by atoms with Gasteiger partial charge in [0.15, 0.2) is 0 Å². The van der Waals surface area contributed by atoms with Gasteiger partial charge in [0.2, 0.25) is 0 Å². The summed E-state index contributed by atoms with van der Waals surface area (Å²) in [5.41, 5.74) is 0.496. The maximum Gasteiger partial charge on any atom is 0.130 e. The first kappa shape index (κ1) is 10.7. The second-order valence-corrected chi connectivity index (χ2v) is 4.14. The minimum atomic E-state index is -0.447. The maximum absolute atomic E-state index is 10.8. The van der Waals surface area contributed by atoms with Crippen molar-refractivity contribution in [3.05, 3.63) is 23.9 Å². The number of aromatic nitrogens is 1. The zero-order valence-corrected chi connectivity index (χ0v) is 9.11. The summed E-state index contributed by atoms with van der Waals surface area (Å²) >= 11 is 0. The molecule has 3 heteroatoms. The molecule has 1 aromatic heterocycles. The molecule has 0 aliphatic carbocycles. The van der Waals surface area contributed by atoms with E-state index >= 15 is 0 Å². The second-order valence-electron chi connectivity index (χ2n) is 4.14. The summed E-state index contributed by atoms with van der Waals surface area (Å²) in [7, 11) is 3.87. The molecule has 0 saturated heterocycles. The molecular weight excluding hydrogens is 176 g/mol. The van der Waals surface area contributed by atoms with Crippen molar-refractivity contribution in [1.29, 1.82) is 0 Å². The molecule has 76 valence electrons. The van der Waals surface area contributed by atoms with Crippen LogP contribution in [0, 0.1) is 0 Å². The van der Waals surface area contributed by atoms with E-state index in [9.17, 15) is 4.79 Å². The van der Waals surface area contributed by atoms with Gasteiger partial charge < -0.3 is 9.69 Å². The van der Waals surface area contributed by atoms with Crippen LogP contribution in [0.1, 0.15) is 19.4 Å². The molecule has 0 aliphatic rings. The monoisotopic (exact) mass is 192 g/mol. The fourth-order valence-corrected chi connectivity index (χ4v) is 1.10. The van der Waals surface area contributed by atoms with E-state index in [4.69, 9.17) is 0 Å². The van der Waals surface area contributed by atoms with Gasteiger partial charge in [-0.05, 0) is 25.5 Å². The first-order valence-electron chi connectivity index (χ1n) is 4.57. The Balaban J connectivity index is 2.99. The highest BCUT2D eigenvalue weighted by atomic mass is 16.1. The van der Waals surface area contributed by atoms with Gasteiger partial charge in [0, 0.05) is 25.7 Å². The zero-order valence-electron chi connectivity index (χ0n) is 9.11. The van der Waals surface area contributed by atoms with E-state index < -0.39 is 5.41 Å². The van der Waals surface area contributed by atoms with Gasteiger partial charge in [0.1, 0.15) is 12.1 Å². The lowest BCUT2D eigenvalue weighted by molar-refractivity contribution is -0.111. The predicted molar refractivity (Wildman–Crippen MR) is 57.7 cm³/mol. The quantitative estimate of drug-likeness (QED) is 0.682. The van der Waals surface area contributed by atoms with Crippen molar-refractivity contribution in [2.45, 2.75) is 19.3 Å². The normalized spacial score (nSPS) is 11.1. The van der Waals surface area contributed by atoms with E-state index in [1.54, 1.807) is 6.20 Å². The summed E-state index contributed by atoms with van der Waals surface area (Å²) in [5, 5.41) is 0. The summed E-state index contributed by atoms with van der Waals surface area (Å²) in [5.74, 6) is 0.899. The summed E-state index contributed by atoms with van der Waals surface area (Å²) in [6.45, 7) is 3.76. The lowest BCUT2D eigenvalue weighted by atomic mass is 9.88. The molecule has 0 aliphatic heterocycles. The molecule has 1 rings (SSSR count). The molecule has 0 fully saturated rings. The molecule has 1 heterocycles. The minimum absolute atomic E-state index is 0.447. The van der Waals surface area contributed by atoms with Crippen molar-refractivity contribution in [2.75, 3.05) is 19.0 Å². The number of nitrogens with zero attached hydrogens (tertiary/aromatic N) is 2. The van der Waals surface area contributed by atoms with E-state index in [1.807, 2.05) is 45.0 Å². The Bertz CT molecular complexity index is 315. The van der Waals surface area contributed by atoms with E-state index in [1.165, 1.54) is 0 Å². The Morgan fingerprint density at radius 2 is 2.00 bits per heavy atom. The lowest BCUT2D eigenvalue weighted by Gasteiger charge is -2.18. The number of carbonyl (C=O) groups excluding carboxylic acids is 1. The second kappa shape index (κ2) is 3.78. The van der Waals surface area contributed by atoms with Gasteiger partial charge in [-0.25, -0.2) is 4.98 Å². The summed E-state index contributed by atoms with van der Waals surface area (Å²) in [4.78, 5) is 17.0. The average molecular weight is 192 g/mol. The van der Waals surface area contributed by atoms with Crippen molar-refractivity contribution in [3.63, 3.8) is 0 Å². The van der Waals surface area contributed by atoms with Gasteiger partial charge in [-0.1, -0.05) is 6.07 Å². The number of hydrogen-bond acceptors (Lipinski definition) is 3. The number of anilines is 1. The van der Waals surface area contributed by atoms with Crippen molar-refractivity contribution < 1.29 is 4.79 Å². The first-order valence-corrected chi connectivity index (χ1v) is 4.57. The van der Waals surface area contributed by atoms with Crippen LogP contribution in [0.4, 0.5) is 5.82 Å². The Labute approximate surface area is 84.8 Å². The first-order chi connectivity index (χ1) is 6.47. The van der Waals surface area contributed by atoms with Crippen molar-refractivity contribution in [3.8, 4) is 0 Å². The van der Waals surface area contributed by atoms with Crippen LogP contribution in [-0.4, -0.2) is 25.4 Å². The number of pyridine rings is 1. The molecule has 0 unspecified atom stereocenters. The third-order valence-electron chi connectivity index (χ3n) is 2.24. The van der Waals surface area contributed by atoms with Crippen LogP contribution in [0.15, 0.2) is 18.3 Å². The predicted octanol–water partition coefficient (Wildman–Crippen LogP) is 1.62. The third kappa shape index (κ3) is 2.10. The Hall–Kier alpha value is -1.38. The van der Waals surface area contributed by atoms with Crippen LogP contribution in [-0.2, 0) is 10.2 Å². The molecule has 3 nitrogen and oxygen atoms in total. The van der Waals surface area contributed by atoms with Crippen LogP contribution < -0.4 is 4.90 Å². The Morgan fingerprint density at radius 1 is 1.36 bits per heavy atom. The SMILES string of the molecule is CN(C)c1ccc(C(C)(C)C=O)cn1. The maximum atomic E-state index is 10.8. The highest BCUT2D eigenvalue weighted by Crippen LogP contribution is 2.20. The molecule has 0 N–H and O–H groups in total. The number of aldehydes is 1. The molecule has 0 aromatic carbocycles. The molecule has 0 spiro atoms. The summed E-state index contributed by atoms with van der Waals surface area (Å²) < 4.78 is 0. The molecule has 1 aromatic rings. The van der Waals surface area contributed by atoms with E-state index in [-0.39, 0.29) is 0 Å². The average Bonchev–Trinajstić information content (AvgIpc) is 2.18.